The van der Waals surface area contributed by atoms with Gasteiger partial charge in [0.2, 0.25) is 11.8 Å². The minimum absolute atomic E-state index is 0.0416. The standard InChI is InChI=1S/C25H32N2O5/c28-16-22-13-18-7-4-5-9-20(18)15-27(22)23(29)14-19-8-2-1-3-11-24(30)32-17-21-10-6-12-26(21)25(19)31/h1-2,4-5,7,9,19,21-22,28H,3,6,8,10-17H2/t19-,21+,22+/m1/s1. The molecule has 3 heterocycles. The first-order valence-corrected chi connectivity index (χ1v) is 11.6. The fourth-order valence-electron chi connectivity index (χ4n) is 5.02. The number of fused-ring (bicyclic) bond motifs is 2. The smallest absolute Gasteiger partial charge is 0.306 e. The van der Waals surface area contributed by atoms with Crippen LogP contribution in [0.1, 0.15) is 49.7 Å². The van der Waals surface area contributed by atoms with Gasteiger partial charge in [0.1, 0.15) is 6.61 Å². The molecule has 1 aromatic carbocycles. The van der Waals surface area contributed by atoms with E-state index in [1.165, 1.54) is 0 Å². The van der Waals surface area contributed by atoms with Crippen LogP contribution in [0.5, 0.6) is 0 Å². The maximum Gasteiger partial charge on any atom is 0.306 e. The number of aliphatic hydroxyl groups excluding tert-OH is 1. The average molecular weight is 441 g/mol. The summed E-state index contributed by atoms with van der Waals surface area (Å²) in [5, 5.41) is 9.93. The van der Waals surface area contributed by atoms with Crippen molar-refractivity contribution in [3.63, 3.8) is 0 Å². The number of hydrogen-bond acceptors (Lipinski definition) is 5. The number of rotatable bonds is 3. The lowest BCUT2D eigenvalue weighted by Gasteiger charge is -2.37. The van der Waals surface area contributed by atoms with Crippen molar-refractivity contribution in [3.8, 4) is 0 Å². The summed E-state index contributed by atoms with van der Waals surface area (Å²) in [7, 11) is 0. The van der Waals surface area contributed by atoms with Gasteiger partial charge in [-0.1, -0.05) is 36.4 Å². The van der Waals surface area contributed by atoms with Gasteiger partial charge in [-0.2, -0.15) is 0 Å². The normalized spacial score (nSPS) is 26.6. The molecular weight excluding hydrogens is 408 g/mol. The zero-order chi connectivity index (χ0) is 22.5. The maximum atomic E-state index is 13.4. The molecule has 1 saturated heterocycles. The molecule has 1 fully saturated rings. The summed E-state index contributed by atoms with van der Waals surface area (Å²) in [6.07, 6.45) is 7.58. The number of cyclic esters (lactones) is 1. The molecule has 3 atom stereocenters. The lowest BCUT2D eigenvalue weighted by molar-refractivity contribution is -0.149. The van der Waals surface area contributed by atoms with Gasteiger partial charge in [0.15, 0.2) is 0 Å². The number of ether oxygens (including phenoxy) is 1. The zero-order valence-corrected chi connectivity index (χ0v) is 18.4. The van der Waals surface area contributed by atoms with Crippen molar-refractivity contribution in [1.82, 2.24) is 9.80 Å². The summed E-state index contributed by atoms with van der Waals surface area (Å²) in [5.41, 5.74) is 2.26. The number of amides is 2. The van der Waals surface area contributed by atoms with Crippen LogP contribution in [-0.4, -0.2) is 64.5 Å². The average Bonchev–Trinajstić information content (AvgIpc) is 3.28. The van der Waals surface area contributed by atoms with Crippen LogP contribution < -0.4 is 0 Å². The highest BCUT2D eigenvalue weighted by atomic mass is 16.5. The number of carbonyl (C=O) groups is 3. The van der Waals surface area contributed by atoms with Crippen molar-refractivity contribution >= 4 is 17.8 Å². The minimum atomic E-state index is -0.453. The molecule has 3 aliphatic heterocycles. The first-order chi connectivity index (χ1) is 15.6. The molecule has 0 aromatic heterocycles. The molecule has 172 valence electrons. The molecule has 1 N–H and O–H groups in total. The zero-order valence-electron chi connectivity index (χ0n) is 18.4. The van der Waals surface area contributed by atoms with Crippen LogP contribution in [0.25, 0.3) is 0 Å². The fraction of sp³-hybridized carbons (Fsp3) is 0.560. The summed E-state index contributed by atoms with van der Waals surface area (Å²) in [6, 6.07) is 7.62. The Hall–Kier alpha value is -2.67. The van der Waals surface area contributed by atoms with E-state index in [4.69, 9.17) is 4.74 Å². The number of esters is 1. The van der Waals surface area contributed by atoms with E-state index in [-0.39, 0.29) is 49.5 Å². The first kappa shape index (κ1) is 22.5. The van der Waals surface area contributed by atoms with Gasteiger partial charge in [0.05, 0.1) is 24.6 Å². The number of carbonyl (C=O) groups excluding carboxylic acids is 3. The fourth-order valence-corrected chi connectivity index (χ4v) is 5.02. The third-order valence-electron chi connectivity index (χ3n) is 6.86. The highest BCUT2D eigenvalue weighted by Crippen LogP contribution is 2.28. The van der Waals surface area contributed by atoms with E-state index < -0.39 is 5.92 Å². The van der Waals surface area contributed by atoms with E-state index in [0.29, 0.717) is 38.8 Å². The second-order valence-corrected chi connectivity index (χ2v) is 8.99. The van der Waals surface area contributed by atoms with E-state index >= 15 is 0 Å². The van der Waals surface area contributed by atoms with Crippen molar-refractivity contribution in [3.05, 3.63) is 47.5 Å². The molecule has 2 amide bonds. The monoisotopic (exact) mass is 440 g/mol. The first-order valence-electron chi connectivity index (χ1n) is 11.6. The number of nitrogens with zero attached hydrogens (tertiary/aromatic N) is 2. The predicted octanol–water partition coefficient (Wildman–Crippen LogP) is 2.21. The maximum absolute atomic E-state index is 13.4. The molecule has 1 aromatic rings. The van der Waals surface area contributed by atoms with Gasteiger partial charge in [-0.05, 0) is 43.2 Å². The summed E-state index contributed by atoms with van der Waals surface area (Å²) in [4.78, 5) is 42.2. The summed E-state index contributed by atoms with van der Waals surface area (Å²) in [5.74, 6) is -0.827. The van der Waals surface area contributed by atoms with Gasteiger partial charge in [0.25, 0.3) is 0 Å². The summed E-state index contributed by atoms with van der Waals surface area (Å²) < 4.78 is 5.38. The van der Waals surface area contributed by atoms with Gasteiger partial charge in [-0.3, -0.25) is 14.4 Å². The Morgan fingerprint density at radius 1 is 1.16 bits per heavy atom. The summed E-state index contributed by atoms with van der Waals surface area (Å²) >= 11 is 0. The van der Waals surface area contributed by atoms with Crippen LogP contribution >= 0.6 is 0 Å². The Balaban J connectivity index is 1.51. The molecule has 0 spiro atoms. The van der Waals surface area contributed by atoms with Crippen molar-refractivity contribution < 1.29 is 24.2 Å². The number of benzene rings is 1. The Labute approximate surface area is 189 Å². The van der Waals surface area contributed by atoms with Gasteiger partial charge < -0.3 is 19.6 Å². The van der Waals surface area contributed by atoms with Crippen LogP contribution in [0.15, 0.2) is 36.4 Å². The molecule has 4 rings (SSSR count). The molecule has 7 nitrogen and oxygen atoms in total. The Morgan fingerprint density at radius 3 is 2.78 bits per heavy atom. The van der Waals surface area contributed by atoms with E-state index in [1.807, 2.05) is 36.4 Å². The highest BCUT2D eigenvalue weighted by molar-refractivity contribution is 5.86. The number of allylic oxidation sites excluding steroid dienone is 2. The number of aliphatic hydroxyl groups is 1. The van der Waals surface area contributed by atoms with E-state index in [0.717, 1.165) is 24.0 Å². The minimum Gasteiger partial charge on any atom is -0.463 e. The molecule has 7 heteroatoms. The second kappa shape index (κ2) is 10.3. The molecular formula is C25H32N2O5. The topological polar surface area (TPSA) is 87.2 Å². The Bertz CT molecular complexity index is 883. The molecule has 0 radical (unpaired) electrons. The SMILES string of the molecule is O=C1CCC=CC[C@H](CC(=O)N2Cc3ccccc3C[C@H]2CO)C(=O)N2CCC[C@H]2CO1. The van der Waals surface area contributed by atoms with Crippen LogP contribution in [0.3, 0.4) is 0 Å². The highest BCUT2D eigenvalue weighted by Gasteiger charge is 2.36. The lowest BCUT2D eigenvalue weighted by Crippen LogP contribution is -2.48. The molecule has 0 aliphatic carbocycles. The van der Waals surface area contributed by atoms with E-state index in [2.05, 4.69) is 0 Å². The van der Waals surface area contributed by atoms with Gasteiger partial charge in [0, 0.05) is 25.9 Å². The van der Waals surface area contributed by atoms with Crippen molar-refractivity contribution in [1.29, 1.82) is 0 Å². The van der Waals surface area contributed by atoms with Gasteiger partial charge in [-0.15, -0.1) is 0 Å². The second-order valence-electron chi connectivity index (χ2n) is 8.99. The van der Waals surface area contributed by atoms with E-state index in [9.17, 15) is 19.5 Å². The molecule has 0 bridgehead atoms. The molecule has 0 saturated carbocycles. The Morgan fingerprint density at radius 2 is 1.97 bits per heavy atom. The number of hydrogen-bond donors (Lipinski definition) is 1. The van der Waals surface area contributed by atoms with Crippen molar-refractivity contribution in [2.24, 2.45) is 5.92 Å². The van der Waals surface area contributed by atoms with E-state index in [1.54, 1.807) is 9.80 Å². The summed E-state index contributed by atoms with van der Waals surface area (Å²) in [6.45, 7) is 1.22. The molecule has 32 heavy (non-hydrogen) atoms. The van der Waals surface area contributed by atoms with Gasteiger partial charge in [-0.25, -0.2) is 0 Å². The molecule has 0 unspecified atom stereocenters. The van der Waals surface area contributed by atoms with Gasteiger partial charge >= 0.3 is 5.97 Å². The van der Waals surface area contributed by atoms with Crippen molar-refractivity contribution in [2.75, 3.05) is 19.8 Å². The third-order valence-corrected chi connectivity index (χ3v) is 6.86. The quantitative estimate of drug-likeness (QED) is 0.575. The lowest BCUT2D eigenvalue weighted by atomic mass is 9.92. The third kappa shape index (κ3) is 5.04. The molecule has 3 aliphatic rings. The van der Waals surface area contributed by atoms with Crippen LogP contribution in [0.4, 0.5) is 0 Å². The van der Waals surface area contributed by atoms with Crippen LogP contribution in [0.2, 0.25) is 0 Å². The van der Waals surface area contributed by atoms with Crippen LogP contribution in [0, 0.1) is 5.92 Å². The Kier molecular flexibility index (Phi) is 7.25. The van der Waals surface area contributed by atoms with Crippen LogP contribution in [-0.2, 0) is 32.1 Å². The van der Waals surface area contributed by atoms with Crippen molar-refractivity contribution in [2.45, 2.75) is 63.6 Å². The largest absolute Gasteiger partial charge is 0.463 e. The predicted molar refractivity (Wildman–Crippen MR) is 118 cm³/mol.